The van der Waals surface area contributed by atoms with Gasteiger partial charge in [-0.3, -0.25) is 9.59 Å². The average molecular weight is 419 g/mol. The van der Waals surface area contributed by atoms with E-state index in [2.05, 4.69) is 31.2 Å². The van der Waals surface area contributed by atoms with Crippen molar-refractivity contribution in [2.75, 3.05) is 18.4 Å². The molecule has 1 unspecified atom stereocenters. The maximum Gasteiger partial charge on any atom is 0.254 e. The standard InChI is InChI=1S/C25H30N4O2/c1-17-15-22(29(27-17)25(2,3)4)26-23(30)19-11-8-14-28(16-19)24(31)21-13-7-10-18-9-5-6-12-20(18)21/h5-7,9-10,12-13,15,19H,8,11,14,16H2,1-4H3,(H,26,30). The van der Waals surface area contributed by atoms with Gasteiger partial charge in [0.25, 0.3) is 5.91 Å². The van der Waals surface area contributed by atoms with Crippen molar-refractivity contribution in [1.29, 1.82) is 0 Å². The molecule has 1 atom stereocenters. The molecular weight excluding hydrogens is 388 g/mol. The zero-order chi connectivity index (χ0) is 22.2. The van der Waals surface area contributed by atoms with Crippen molar-refractivity contribution < 1.29 is 9.59 Å². The Morgan fingerprint density at radius 2 is 1.84 bits per heavy atom. The van der Waals surface area contributed by atoms with Gasteiger partial charge in [0, 0.05) is 24.7 Å². The van der Waals surface area contributed by atoms with Gasteiger partial charge in [0.2, 0.25) is 5.91 Å². The van der Waals surface area contributed by atoms with Crippen LogP contribution in [0.15, 0.2) is 48.5 Å². The van der Waals surface area contributed by atoms with Crippen LogP contribution in [-0.2, 0) is 10.3 Å². The minimum atomic E-state index is -0.240. The van der Waals surface area contributed by atoms with Gasteiger partial charge in [-0.05, 0) is 57.4 Å². The zero-order valence-corrected chi connectivity index (χ0v) is 18.7. The lowest BCUT2D eigenvalue weighted by Gasteiger charge is -2.32. The van der Waals surface area contributed by atoms with E-state index in [-0.39, 0.29) is 23.3 Å². The van der Waals surface area contributed by atoms with Crippen molar-refractivity contribution >= 4 is 28.4 Å². The number of nitrogens with one attached hydrogen (secondary N) is 1. The number of fused-ring (bicyclic) bond motifs is 1. The third kappa shape index (κ3) is 4.33. The molecule has 2 heterocycles. The van der Waals surface area contributed by atoms with Crippen LogP contribution in [0.25, 0.3) is 10.8 Å². The predicted molar refractivity (Wildman–Crippen MR) is 123 cm³/mol. The van der Waals surface area contributed by atoms with Gasteiger partial charge in [-0.15, -0.1) is 0 Å². The van der Waals surface area contributed by atoms with E-state index in [0.717, 1.165) is 29.3 Å². The number of hydrogen-bond acceptors (Lipinski definition) is 3. The molecule has 31 heavy (non-hydrogen) atoms. The summed E-state index contributed by atoms with van der Waals surface area (Å²) >= 11 is 0. The van der Waals surface area contributed by atoms with Gasteiger partial charge >= 0.3 is 0 Å². The first-order valence-electron chi connectivity index (χ1n) is 10.9. The Morgan fingerprint density at radius 1 is 1.10 bits per heavy atom. The van der Waals surface area contributed by atoms with Gasteiger partial charge in [0.15, 0.2) is 0 Å². The fourth-order valence-corrected chi connectivity index (χ4v) is 4.29. The number of hydrogen-bond donors (Lipinski definition) is 1. The Labute approximate surface area is 183 Å². The molecule has 1 saturated heterocycles. The molecule has 6 nitrogen and oxygen atoms in total. The fourth-order valence-electron chi connectivity index (χ4n) is 4.29. The van der Waals surface area contributed by atoms with E-state index in [1.54, 1.807) is 0 Å². The first-order chi connectivity index (χ1) is 14.7. The molecule has 162 valence electrons. The van der Waals surface area contributed by atoms with Crippen LogP contribution in [0.2, 0.25) is 0 Å². The highest BCUT2D eigenvalue weighted by Gasteiger charge is 2.30. The molecule has 3 aromatic rings. The number of carbonyl (C=O) groups is 2. The molecule has 1 aliphatic heterocycles. The van der Waals surface area contributed by atoms with Crippen molar-refractivity contribution in [2.45, 2.75) is 46.1 Å². The fraction of sp³-hybridized carbons (Fsp3) is 0.400. The second-order valence-electron chi connectivity index (χ2n) is 9.36. The summed E-state index contributed by atoms with van der Waals surface area (Å²) in [6, 6.07) is 15.6. The number of benzene rings is 2. The van der Waals surface area contributed by atoms with Crippen LogP contribution in [0.1, 0.15) is 49.7 Å². The van der Waals surface area contributed by atoms with Crippen molar-refractivity contribution in [3.63, 3.8) is 0 Å². The van der Waals surface area contributed by atoms with Crippen molar-refractivity contribution in [3.05, 3.63) is 59.8 Å². The molecule has 1 N–H and O–H groups in total. The number of amides is 2. The molecule has 2 aromatic carbocycles. The zero-order valence-electron chi connectivity index (χ0n) is 18.7. The first-order valence-corrected chi connectivity index (χ1v) is 10.9. The van der Waals surface area contributed by atoms with E-state index in [1.165, 1.54) is 0 Å². The number of anilines is 1. The summed E-state index contributed by atoms with van der Waals surface area (Å²) in [5.74, 6) is 0.398. The summed E-state index contributed by atoms with van der Waals surface area (Å²) in [6.45, 7) is 9.19. The largest absolute Gasteiger partial charge is 0.338 e. The number of nitrogens with zero attached hydrogens (tertiary/aromatic N) is 3. The molecule has 0 bridgehead atoms. The lowest BCUT2D eigenvalue weighted by Crippen LogP contribution is -2.44. The molecule has 1 fully saturated rings. The second kappa shape index (κ2) is 8.17. The van der Waals surface area contributed by atoms with E-state index in [1.807, 2.05) is 65.0 Å². The van der Waals surface area contributed by atoms with Crippen LogP contribution in [0.3, 0.4) is 0 Å². The van der Waals surface area contributed by atoms with Crippen molar-refractivity contribution in [1.82, 2.24) is 14.7 Å². The molecule has 0 radical (unpaired) electrons. The summed E-state index contributed by atoms with van der Waals surface area (Å²) in [6.07, 6.45) is 1.58. The lowest BCUT2D eigenvalue weighted by molar-refractivity contribution is -0.121. The van der Waals surface area contributed by atoms with E-state index >= 15 is 0 Å². The molecule has 1 aromatic heterocycles. The van der Waals surface area contributed by atoms with Gasteiger partial charge in [0.1, 0.15) is 5.82 Å². The molecule has 0 aliphatic carbocycles. The number of carbonyl (C=O) groups excluding carboxylic acids is 2. The van der Waals surface area contributed by atoms with Crippen molar-refractivity contribution in [2.24, 2.45) is 5.92 Å². The summed E-state index contributed by atoms with van der Waals surface area (Å²) in [5.41, 5.74) is 1.32. The average Bonchev–Trinajstić information content (AvgIpc) is 3.13. The van der Waals surface area contributed by atoms with Gasteiger partial charge < -0.3 is 10.2 Å². The van der Waals surface area contributed by atoms with Gasteiger partial charge in [-0.25, -0.2) is 4.68 Å². The predicted octanol–water partition coefficient (Wildman–Crippen LogP) is 4.59. The normalized spacial score (nSPS) is 17.0. The number of rotatable bonds is 3. The van der Waals surface area contributed by atoms with Crippen LogP contribution in [-0.4, -0.2) is 39.6 Å². The van der Waals surface area contributed by atoms with Crippen LogP contribution in [0.5, 0.6) is 0 Å². The Bertz CT molecular complexity index is 1120. The number of likely N-dealkylation sites (tertiary alicyclic amines) is 1. The summed E-state index contributed by atoms with van der Waals surface area (Å²) in [4.78, 5) is 28.2. The minimum absolute atomic E-state index is 0.00937. The number of aromatic nitrogens is 2. The third-order valence-electron chi connectivity index (χ3n) is 5.82. The Balaban J connectivity index is 1.51. The number of aryl methyl sites for hydroxylation is 1. The molecule has 2 amide bonds. The molecule has 1 aliphatic rings. The van der Waals surface area contributed by atoms with Crippen LogP contribution < -0.4 is 5.32 Å². The summed E-state index contributed by atoms with van der Waals surface area (Å²) in [5, 5.41) is 9.59. The van der Waals surface area contributed by atoms with Crippen LogP contribution in [0, 0.1) is 12.8 Å². The van der Waals surface area contributed by atoms with Gasteiger partial charge in [0.05, 0.1) is 17.2 Å². The highest BCUT2D eigenvalue weighted by Crippen LogP contribution is 2.26. The summed E-state index contributed by atoms with van der Waals surface area (Å²) < 4.78 is 1.85. The Hall–Kier alpha value is -3.15. The SMILES string of the molecule is Cc1cc(NC(=O)C2CCCN(C(=O)c3cccc4ccccc34)C2)n(C(C)(C)C)n1. The number of piperidine rings is 1. The van der Waals surface area contributed by atoms with Gasteiger partial charge in [-0.1, -0.05) is 36.4 Å². The van der Waals surface area contributed by atoms with Crippen LogP contribution in [0.4, 0.5) is 5.82 Å². The highest BCUT2D eigenvalue weighted by atomic mass is 16.2. The second-order valence-corrected chi connectivity index (χ2v) is 9.36. The molecule has 0 spiro atoms. The maximum atomic E-state index is 13.3. The Morgan fingerprint density at radius 3 is 2.61 bits per heavy atom. The molecular formula is C25H30N4O2. The molecule has 0 saturated carbocycles. The van der Waals surface area contributed by atoms with E-state index < -0.39 is 0 Å². The Kier molecular flexibility index (Phi) is 5.56. The molecule has 6 heteroatoms. The lowest BCUT2D eigenvalue weighted by atomic mass is 9.95. The smallest absolute Gasteiger partial charge is 0.254 e. The summed E-state index contributed by atoms with van der Waals surface area (Å²) in [7, 11) is 0. The van der Waals surface area contributed by atoms with Gasteiger partial charge in [-0.2, -0.15) is 5.10 Å². The minimum Gasteiger partial charge on any atom is -0.338 e. The van der Waals surface area contributed by atoms with E-state index in [4.69, 9.17) is 0 Å². The van der Waals surface area contributed by atoms with Crippen LogP contribution >= 0.6 is 0 Å². The molecule has 4 rings (SSSR count). The quantitative estimate of drug-likeness (QED) is 0.676. The van der Waals surface area contributed by atoms with E-state index in [0.29, 0.717) is 24.5 Å². The highest BCUT2D eigenvalue weighted by molar-refractivity contribution is 6.07. The topological polar surface area (TPSA) is 67.2 Å². The van der Waals surface area contributed by atoms with E-state index in [9.17, 15) is 9.59 Å². The first kappa shape index (κ1) is 21.1. The van der Waals surface area contributed by atoms with Crippen molar-refractivity contribution in [3.8, 4) is 0 Å². The maximum absolute atomic E-state index is 13.3. The third-order valence-corrected chi connectivity index (χ3v) is 5.82. The monoisotopic (exact) mass is 418 g/mol.